The van der Waals surface area contributed by atoms with Gasteiger partial charge in [-0.2, -0.15) is 0 Å². The fourth-order valence-corrected chi connectivity index (χ4v) is 4.52. The summed E-state index contributed by atoms with van der Waals surface area (Å²) in [5.41, 5.74) is 0.993. The van der Waals surface area contributed by atoms with Gasteiger partial charge in [0.25, 0.3) is 0 Å². The summed E-state index contributed by atoms with van der Waals surface area (Å²) in [5, 5.41) is 9.25. The number of aldehydes is 1. The van der Waals surface area contributed by atoms with Crippen LogP contribution in [0.4, 0.5) is 0 Å². The van der Waals surface area contributed by atoms with E-state index in [9.17, 15) is 14.7 Å². The molecule has 2 bridgehead atoms. The maximum Gasteiger partial charge on any atom is 0.346 e. The molecule has 0 amide bonds. The van der Waals surface area contributed by atoms with E-state index >= 15 is 0 Å². The van der Waals surface area contributed by atoms with E-state index in [1.807, 2.05) is 6.07 Å². The van der Waals surface area contributed by atoms with Gasteiger partial charge in [-0.05, 0) is 55.1 Å². The second kappa shape index (κ2) is 3.67. The van der Waals surface area contributed by atoms with Crippen LogP contribution in [0.25, 0.3) is 0 Å². The average molecular weight is 250 g/mol. The SMILES string of the molecule is O=Cc1cc(C23CCC(CC2)C3)c(C(=O)O)s1. The first kappa shape index (κ1) is 11.0. The van der Waals surface area contributed by atoms with Crippen molar-refractivity contribution in [1.82, 2.24) is 0 Å². The predicted molar refractivity (Wildman–Crippen MR) is 64.9 cm³/mol. The second-order valence-electron chi connectivity index (χ2n) is 5.24. The molecule has 4 heteroatoms. The molecular formula is C13H14O3S. The highest BCUT2D eigenvalue weighted by atomic mass is 32.1. The maximum atomic E-state index is 11.3. The van der Waals surface area contributed by atoms with Gasteiger partial charge in [-0.15, -0.1) is 11.3 Å². The molecular weight excluding hydrogens is 236 g/mol. The minimum Gasteiger partial charge on any atom is -0.477 e. The van der Waals surface area contributed by atoms with Crippen molar-refractivity contribution in [2.75, 3.05) is 0 Å². The van der Waals surface area contributed by atoms with Crippen LogP contribution in [0.2, 0.25) is 0 Å². The van der Waals surface area contributed by atoms with Gasteiger partial charge in [0.15, 0.2) is 6.29 Å². The average Bonchev–Trinajstić information content (AvgIpc) is 3.02. The number of thiophene rings is 1. The van der Waals surface area contributed by atoms with Crippen LogP contribution in [0.15, 0.2) is 6.07 Å². The van der Waals surface area contributed by atoms with Crippen molar-refractivity contribution in [3.05, 3.63) is 21.4 Å². The Labute approximate surface area is 103 Å². The first-order valence-corrected chi connectivity index (χ1v) is 6.79. The first-order valence-electron chi connectivity index (χ1n) is 5.97. The maximum absolute atomic E-state index is 11.3. The lowest BCUT2D eigenvalue weighted by atomic mass is 9.77. The number of hydrogen-bond donors (Lipinski definition) is 1. The van der Waals surface area contributed by atoms with E-state index in [1.54, 1.807) is 0 Å². The van der Waals surface area contributed by atoms with Crippen molar-refractivity contribution >= 4 is 23.6 Å². The lowest BCUT2D eigenvalue weighted by molar-refractivity contribution is 0.0699. The number of hydrogen-bond acceptors (Lipinski definition) is 3. The Kier molecular flexibility index (Phi) is 2.36. The van der Waals surface area contributed by atoms with Gasteiger partial charge in [-0.1, -0.05) is 0 Å². The molecule has 1 N–H and O–H groups in total. The molecule has 0 aromatic carbocycles. The summed E-state index contributed by atoms with van der Waals surface area (Å²) in [6, 6.07) is 1.81. The monoisotopic (exact) mass is 250 g/mol. The van der Waals surface area contributed by atoms with Gasteiger partial charge in [-0.25, -0.2) is 4.79 Å². The minimum atomic E-state index is -0.886. The van der Waals surface area contributed by atoms with Gasteiger partial charge in [0.2, 0.25) is 0 Å². The van der Waals surface area contributed by atoms with E-state index in [0.29, 0.717) is 9.75 Å². The topological polar surface area (TPSA) is 54.4 Å². The summed E-state index contributed by atoms with van der Waals surface area (Å²) < 4.78 is 0. The largest absolute Gasteiger partial charge is 0.477 e. The first-order chi connectivity index (χ1) is 8.14. The summed E-state index contributed by atoms with van der Waals surface area (Å²) in [7, 11) is 0. The van der Waals surface area contributed by atoms with Crippen LogP contribution in [-0.4, -0.2) is 17.4 Å². The molecule has 0 atom stereocenters. The van der Waals surface area contributed by atoms with Crippen LogP contribution in [0.5, 0.6) is 0 Å². The lowest BCUT2D eigenvalue weighted by Gasteiger charge is -2.26. The highest BCUT2D eigenvalue weighted by Crippen LogP contribution is 2.56. The fourth-order valence-electron chi connectivity index (χ4n) is 3.59. The third kappa shape index (κ3) is 1.54. The Morgan fingerprint density at radius 3 is 2.65 bits per heavy atom. The summed E-state index contributed by atoms with van der Waals surface area (Å²) in [6.07, 6.45) is 6.48. The highest BCUT2D eigenvalue weighted by Gasteiger charge is 2.48. The smallest absolute Gasteiger partial charge is 0.346 e. The molecule has 1 aromatic rings. The number of carboxylic acid groups (broad SMARTS) is 1. The van der Waals surface area contributed by atoms with Gasteiger partial charge >= 0.3 is 5.97 Å². The van der Waals surface area contributed by atoms with Crippen LogP contribution < -0.4 is 0 Å². The third-order valence-corrected chi connectivity index (χ3v) is 5.42. The summed E-state index contributed by atoms with van der Waals surface area (Å²) in [5.74, 6) is -0.112. The van der Waals surface area contributed by atoms with Gasteiger partial charge < -0.3 is 5.11 Å². The van der Waals surface area contributed by atoms with Crippen molar-refractivity contribution < 1.29 is 14.7 Å². The van der Waals surface area contributed by atoms with Crippen LogP contribution in [0, 0.1) is 5.92 Å². The molecule has 0 radical (unpaired) electrons. The van der Waals surface area contributed by atoms with Crippen molar-refractivity contribution in [2.45, 2.75) is 37.5 Å². The molecule has 0 unspecified atom stereocenters. The molecule has 90 valence electrons. The molecule has 2 aliphatic rings. The number of carbonyl (C=O) groups is 2. The molecule has 3 rings (SSSR count). The second-order valence-corrected chi connectivity index (χ2v) is 6.33. The number of fused-ring (bicyclic) bond motifs is 2. The molecule has 1 heterocycles. The third-order valence-electron chi connectivity index (χ3n) is 4.37. The Morgan fingerprint density at radius 2 is 2.18 bits per heavy atom. The van der Waals surface area contributed by atoms with E-state index < -0.39 is 5.97 Å². The van der Waals surface area contributed by atoms with Gasteiger partial charge in [0.05, 0.1) is 4.88 Å². The molecule has 2 fully saturated rings. The zero-order valence-electron chi connectivity index (χ0n) is 9.44. The van der Waals surface area contributed by atoms with Gasteiger partial charge in [0, 0.05) is 0 Å². The summed E-state index contributed by atoms with van der Waals surface area (Å²) in [6.45, 7) is 0. The molecule has 3 nitrogen and oxygen atoms in total. The standard InChI is InChI=1S/C13H14O3S/c14-7-9-5-10(11(17-9)12(15)16)13-3-1-8(6-13)2-4-13/h5,7-8H,1-4,6H2,(H,15,16). The van der Waals surface area contributed by atoms with E-state index in [1.165, 1.54) is 12.8 Å². The number of carboxylic acids is 1. The van der Waals surface area contributed by atoms with Crippen molar-refractivity contribution in [2.24, 2.45) is 5.92 Å². The molecule has 1 aromatic heterocycles. The van der Waals surface area contributed by atoms with E-state index in [0.717, 1.165) is 48.4 Å². The molecule has 0 aliphatic heterocycles. The van der Waals surface area contributed by atoms with Crippen LogP contribution in [0.3, 0.4) is 0 Å². The number of rotatable bonds is 3. The Balaban J connectivity index is 2.10. The predicted octanol–water partition coefficient (Wildman–Crippen LogP) is 3.09. The van der Waals surface area contributed by atoms with Crippen LogP contribution >= 0.6 is 11.3 Å². The van der Waals surface area contributed by atoms with Crippen LogP contribution in [0.1, 0.15) is 57.0 Å². The van der Waals surface area contributed by atoms with Gasteiger partial charge in [0.1, 0.15) is 4.88 Å². The molecule has 0 spiro atoms. The molecule has 2 aliphatic carbocycles. The zero-order valence-corrected chi connectivity index (χ0v) is 10.3. The normalized spacial score (nSPS) is 30.7. The van der Waals surface area contributed by atoms with Crippen molar-refractivity contribution in [1.29, 1.82) is 0 Å². The lowest BCUT2D eigenvalue weighted by Crippen LogP contribution is -2.21. The Morgan fingerprint density at radius 1 is 1.47 bits per heavy atom. The minimum absolute atomic E-state index is 0.0656. The van der Waals surface area contributed by atoms with Gasteiger partial charge in [-0.3, -0.25) is 4.79 Å². The quantitative estimate of drug-likeness (QED) is 0.839. The fraction of sp³-hybridized carbons (Fsp3) is 0.538. The van der Waals surface area contributed by atoms with Crippen molar-refractivity contribution in [3.8, 4) is 0 Å². The van der Waals surface area contributed by atoms with Crippen molar-refractivity contribution in [3.63, 3.8) is 0 Å². The van der Waals surface area contributed by atoms with E-state index in [2.05, 4.69) is 0 Å². The number of carbonyl (C=O) groups excluding carboxylic acids is 1. The Bertz CT molecular complexity index is 481. The summed E-state index contributed by atoms with van der Waals surface area (Å²) in [4.78, 5) is 23.0. The summed E-state index contributed by atoms with van der Waals surface area (Å²) >= 11 is 1.12. The molecule has 2 saturated carbocycles. The van der Waals surface area contributed by atoms with Crippen LogP contribution in [-0.2, 0) is 5.41 Å². The number of aromatic carboxylic acids is 1. The Hall–Kier alpha value is -1.16. The zero-order chi connectivity index (χ0) is 12.0. The molecule has 17 heavy (non-hydrogen) atoms. The van der Waals surface area contributed by atoms with E-state index in [-0.39, 0.29) is 5.41 Å². The highest BCUT2D eigenvalue weighted by molar-refractivity contribution is 7.15. The molecule has 0 saturated heterocycles. The van der Waals surface area contributed by atoms with E-state index in [4.69, 9.17) is 0 Å².